The number of nitrogens with zero attached hydrogens (tertiary/aromatic N) is 3. The molecule has 1 amide bonds. The zero-order valence-corrected chi connectivity index (χ0v) is 16.1. The van der Waals surface area contributed by atoms with Crippen molar-refractivity contribution in [3.8, 4) is 0 Å². The van der Waals surface area contributed by atoms with E-state index >= 15 is 0 Å². The fourth-order valence-corrected chi connectivity index (χ4v) is 4.36. The Morgan fingerprint density at radius 1 is 1.18 bits per heavy atom. The summed E-state index contributed by atoms with van der Waals surface area (Å²) in [5.41, 5.74) is 2.18. The molecular formula is C19H19N3O5S. The van der Waals surface area contributed by atoms with Crippen molar-refractivity contribution in [2.45, 2.75) is 19.4 Å². The first-order valence-electron chi connectivity index (χ1n) is 8.93. The molecule has 4 rings (SSSR count). The summed E-state index contributed by atoms with van der Waals surface area (Å²) in [6.07, 6.45) is 4.23. The maximum absolute atomic E-state index is 12.7. The number of amides is 1. The Morgan fingerprint density at radius 2 is 1.96 bits per heavy atom. The van der Waals surface area contributed by atoms with Gasteiger partial charge in [0, 0.05) is 25.0 Å². The minimum Gasteiger partial charge on any atom is -0.449 e. The number of amidine groups is 1. The summed E-state index contributed by atoms with van der Waals surface area (Å²) < 4.78 is 32.1. The largest absolute Gasteiger partial charge is 0.449 e. The highest BCUT2D eigenvalue weighted by molar-refractivity contribution is 7.90. The molecule has 3 heterocycles. The Kier molecular flexibility index (Phi) is 4.54. The third-order valence-corrected chi connectivity index (χ3v) is 6.01. The van der Waals surface area contributed by atoms with Gasteiger partial charge in [0.05, 0.1) is 11.3 Å². The molecule has 0 aliphatic carbocycles. The van der Waals surface area contributed by atoms with E-state index in [0.717, 1.165) is 17.7 Å². The lowest BCUT2D eigenvalue weighted by atomic mass is 10.2. The van der Waals surface area contributed by atoms with Crippen LogP contribution in [0, 0.1) is 0 Å². The van der Waals surface area contributed by atoms with Crippen molar-refractivity contribution in [3.05, 3.63) is 53.8 Å². The van der Waals surface area contributed by atoms with Crippen LogP contribution >= 0.6 is 0 Å². The number of fused-ring (bicyclic) bond motifs is 2. The molecule has 1 atom stereocenters. The van der Waals surface area contributed by atoms with Crippen LogP contribution in [0.15, 0.2) is 52.6 Å². The number of rotatable bonds is 3. The molecule has 0 radical (unpaired) electrons. The van der Waals surface area contributed by atoms with Crippen LogP contribution in [-0.4, -0.2) is 56.0 Å². The summed E-state index contributed by atoms with van der Waals surface area (Å²) in [5.74, 6) is -0.769. The molecule has 8 nitrogen and oxygen atoms in total. The fraction of sp³-hybridized carbons (Fsp3) is 0.316. The van der Waals surface area contributed by atoms with Gasteiger partial charge in [-0.05, 0) is 37.1 Å². The topological polar surface area (TPSA) is 96.3 Å². The average molecular weight is 401 g/mol. The summed E-state index contributed by atoms with van der Waals surface area (Å²) in [6, 6.07) is 7.67. The Hall–Kier alpha value is -2.94. The van der Waals surface area contributed by atoms with Crippen LogP contribution in [0.2, 0.25) is 0 Å². The van der Waals surface area contributed by atoms with E-state index in [1.54, 1.807) is 16.7 Å². The molecule has 146 valence electrons. The van der Waals surface area contributed by atoms with Crippen LogP contribution in [0.3, 0.4) is 0 Å². The van der Waals surface area contributed by atoms with Crippen LogP contribution in [0.5, 0.6) is 0 Å². The summed E-state index contributed by atoms with van der Waals surface area (Å²) in [4.78, 5) is 28.4. The molecule has 0 aromatic heterocycles. The first-order valence-corrected chi connectivity index (χ1v) is 10.5. The predicted molar refractivity (Wildman–Crippen MR) is 103 cm³/mol. The average Bonchev–Trinajstić information content (AvgIpc) is 3.10. The number of hydrogen-bond acceptors (Lipinski definition) is 6. The Balaban J connectivity index is 1.44. The van der Waals surface area contributed by atoms with Crippen molar-refractivity contribution in [1.29, 1.82) is 0 Å². The van der Waals surface area contributed by atoms with Gasteiger partial charge in [-0.2, -0.15) is 0 Å². The van der Waals surface area contributed by atoms with Crippen LogP contribution in [0.4, 0.5) is 5.69 Å². The standard InChI is InChI=1S/C19H19N3O5S/c1-13(18(23)22-9-8-14-4-2-3-5-16(14)22)27-19(24)15-6-7-17-20-28(25,26)11-10-21(17)12-15/h2-7,12-13H,8-11H2,1H3/t13-/m0/s1. The molecule has 3 aliphatic heterocycles. The van der Waals surface area contributed by atoms with E-state index in [-0.39, 0.29) is 29.6 Å². The minimum atomic E-state index is -3.46. The normalized spacial score (nSPS) is 20.6. The first-order chi connectivity index (χ1) is 13.3. The number of carbonyl (C=O) groups excluding carboxylic acids is 2. The second-order valence-electron chi connectivity index (χ2n) is 6.76. The van der Waals surface area contributed by atoms with E-state index in [1.165, 1.54) is 18.4 Å². The maximum Gasteiger partial charge on any atom is 0.340 e. The van der Waals surface area contributed by atoms with Crippen LogP contribution < -0.4 is 4.90 Å². The molecule has 3 aliphatic rings. The highest BCUT2D eigenvalue weighted by Gasteiger charge is 2.31. The van der Waals surface area contributed by atoms with Crippen LogP contribution in [-0.2, 0) is 30.8 Å². The van der Waals surface area contributed by atoms with Crippen molar-refractivity contribution in [1.82, 2.24) is 4.90 Å². The van der Waals surface area contributed by atoms with E-state index in [1.807, 2.05) is 24.3 Å². The van der Waals surface area contributed by atoms with Gasteiger partial charge in [-0.15, -0.1) is 4.40 Å². The minimum absolute atomic E-state index is 0.119. The highest BCUT2D eigenvalue weighted by Crippen LogP contribution is 2.28. The summed E-state index contributed by atoms with van der Waals surface area (Å²) in [6.45, 7) is 2.32. The quantitative estimate of drug-likeness (QED) is 0.702. The van der Waals surface area contributed by atoms with E-state index in [4.69, 9.17) is 4.74 Å². The smallest absolute Gasteiger partial charge is 0.340 e. The molecule has 0 fully saturated rings. The molecule has 0 N–H and O–H groups in total. The number of ether oxygens (including phenoxy) is 1. The number of sulfonamides is 1. The maximum atomic E-state index is 12.7. The molecule has 0 unspecified atom stereocenters. The summed E-state index contributed by atoms with van der Waals surface area (Å²) in [7, 11) is -3.46. The van der Waals surface area contributed by atoms with Crippen molar-refractivity contribution in [3.63, 3.8) is 0 Å². The second-order valence-corrected chi connectivity index (χ2v) is 8.52. The molecule has 0 bridgehead atoms. The summed E-state index contributed by atoms with van der Waals surface area (Å²) >= 11 is 0. The van der Waals surface area contributed by atoms with Gasteiger partial charge in [-0.3, -0.25) is 4.79 Å². The second kappa shape index (κ2) is 6.90. The zero-order chi connectivity index (χ0) is 19.9. The van der Waals surface area contributed by atoms with E-state index < -0.39 is 22.1 Å². The van der Waals surface area contributed by atoms with Crippen LogP contribution in [0.25, 0.3) is 0 Å². The van der Waals surface area contributed by atoms with Gasteiger partial charge in [0.15, 0.2) is 6.10 Å². The number of carbonyl (C=O) groups is 2. The van der Waals surface area contributed by atoms with Gasteiger partial charge in [0.2, 0.25) is 0 Å². The number of anilines is 1. The van der Waals surface area contributed by atoms with Gasteiger partial charge in [0.25, 0.3) is 15.9 Å². The zero-order valence-electron chi connectivity index (χ0n) is 15.2. The van der Waals surface area contributed by atoms with Crippen molar-refractivity contribution in [2.75, 3.05) is 23.7 Å². The Morgan fingerprint density at radius 3 is 2.79 bits per heavy atom. The van der Waals surface area contributed by atoms with Crippen molar-refractivity contribution >= 4 is 33.4 Å². The molecule has 0 saturated heterocycles. The lowest BCUT2D eigenvalue weighted by Crippen LogP contribution is -2.40. The molecule has 9 heteroatoms. The van der Waals surface area contributed by atoms with Gasteiger partial charge in [0.1, 0.15) is 5.84 Å². The van der Waals surface area contributed by atoms with E-state index in [0.29, 0.717) is 6.54 Å². The predicted octanol–water partition coefficient (Wildman–Crippen LogP) is 1.01. The number of hydrogen-bond donors (Lipinski definition) is 0. The number of para-hydroxylation sites is 1. The monoisotopic (exact) mass is 401 g/mol. The summed E-state index contributed by atoms with van der Waals surface area (Å²) in [5, 5.41) is 0. The van der Waals surface area contributed by atoms with Gasteiger partial charge >= 0.3 is 5.97 Å². The van der Waals surface area contributed by atoms with Gasteiger partial charge in [-0.25, -0.2) is 13.2 Å². The van der Waals surface area contributed by atoms with Crippen LogP contribution in [0.1, 0.15) is 12.5 Å². The molecule has 1 aromatic rings. The van der Waals surface area contributed by atoms with E-state index in [2.05, 4.69) is 4.40 Å². The lowest BCUT2D eigenvalue weighted by Gasteiger charge is -2.27. The highest BCUT2D eigenvalue weighted by atomic mass is 32.2. The first kappa shape index (κ1) is 18.4. The van der Waals surface area contributed by atoms with Gasteiger partial charge < -0.3 is 14.5 Å². The van der Waals surface area contributed by atoms with Crippen molar-refractivity contribution in [2.24, 2.45) is 4.40 Å². The van der Waals surface area contributed by atoms with Gasteiger partial charge in [-0.1, -0.05) is 18.2 Å². The third kappa shape index (κ3) is 3.45. The molecule has 1 aromatic carbocycles. The lowest BCUT2D eigenvalue weighted by molar-refractivity contribution is -0.149. The molecule has 0 spiro atoms. The SMILES string of the molecule is C[C@H](OC(=O)C1=CN2CCS(=O)(=O)N=C2C=C1)C(=O)N1CCc2ccccc21. The third-order valence-electron chi connectivity index (χ3n) is 4.84. The molecular weight excluding hydrogens is 382 g/mol. The number of benzene rings is 1. The van der Waals surface area contributed by atoms with Crippen molar-refractivity contribution < 1.29 is 22.7 Å². The fourth-order valence-electron chi connectivity index (χ4n) is 3.39. The number of esters is 1. The van der Waals surface area contributed by atoms with E-state index in [9.17, 15) is 18.0 Å². The molecule has 28 heavy (non-hydrogen) atoms. The Labute approximate surface area is 162 Å². The Bertz CT molecular complexity index is 1040. The molecule has 0 saturated carbocycles.